The highest BCUT2D eigenvalue weighted by molar-refractivity contribution is 9.12. The maximum absolute atomic E-state index is 12.3. The second-order valence-electron chi connectivity index (χ2n) is 7.99. The first-order valence-electron chi connectivity index (χ1n) is 9.20. The van der Waals surface area contributed by atoms with Crippen LogP contribution in [0.15, 0.2) is 64.2 Å². The molecule has 0 radical (unpaired) electrons. The first kappa shape index (κ1) is 19.6. The maximum Gasteiger partial charge on any atom is 0.243 e. The number of benzene rings is 2. The van der Waals surface area contributed by atoms with Gasteiger partial charge in [-0.15, -0.1) is 0 Å². The minimum Gasteiger partial charge on any atom is -0.273 e. The lowest BCUT2D eigenvalue weighted by atomic mass is 9.86. The smallest absolute Gasteiger partial charge is 0.243 e. The molecular weight excluding hydrogens is 400 g/mol. The number of halogens is 1. The number of amides is 1. The molecule has 3 rings (SSSR count). The van der Waals surface area contributed by atoms with Crippen LogP contribution in [0.5, 0.6) is 0 Å². The van der Waals surface area contributed by atoms with Crippen LogP contribution in [0.4, 0.5) is 0 Å². The molecule has 2 aromatic carbocycles. The second kappa shape index (κ2) is 8.22. The Kier molecular flexibility index (Phi) is 5.95. The van der Waals surface area contributed by atoms with Gasteiger partial charge in [-0.2, -0.15) is 5.10 Å². The van der Waals surface area contributed by atoms with Crippen molar-refractivity contribution in [2.45, 2.75) is 38.5 Å². The Labute approximate surface area is 169 Å². The van der Waals surface area contributed by atoms with Gasteiger partial charge < -0.3 is 0 Å². The fourth-order valence-corrected chi connectivity index (χ4v) is 3.44. The average Bonchev–Trinajstić information content (AvgIpc) is 3.43. The van der Waals surface area contributed by atoms with Gasteiger partial charge in [0.1, 0.15) is 0 Å². The largest absolute Gasteiger partial charge is 0.273 e. The second-order valence-corrected chi connectivity index (χ2v) is 8.91. The van der Waals surface area contributed by atoms with E-state index in [2.05, 4.69) is 71.5 Å². The normalized spacial score (nSPS) is 19.9. The van der Waals surface area contributed by atoms with E-state index in [0.29, 0.717) is 5.92 Å². The van der Waals surface area contributed by atoms with Gasteiger partial charge >= 0.3 is 0 Å². The number of nitrogens with zero attached hydrogens (tertiary/aromatic N) is 1. The molecule has 1 saturated carbocycles. The summed E-state index contributed by atoms with van der Waals surface area (Å²) in [5.74, 6) is 0.299. The van der Waals surface area contributed by atoms with E-state index in [0.717, 1.165) is 16.5 Å². The van der Waals surface area contributed by atoms with Crippen molar-refractivity contribution < 1.29 is 4.79 Å². The Bertz CT molecular complexity index is 848. The van der Waals surface area contributed by atoms with E-state index in [1.807, 2.05) is 36.4 Å². The molecule has 1 aliphatic rings. The molecule has 0 saturated heterocycles. The van der Waals surface area contributed by atoms with Crippen molar-refractivity contribution in [3.05, 3.63) is 75.8 Å². The molecule has 0 heterocycles. The Balaban J connectivity index is 1.52. The number of rotatable bonds is 5. The summed E-state index contributed by atoms with van der Waals surface area (Å²) in [6, 6.07) is 18.6. The summed E-state index contributed by atoms with van der Waals surface area (Å²) in [7, 11) is 0. The van der Waals surface area contributed by atoms with Gasteiger partial charge in [-0.3, -0.25) is 4.79 Å². The van der Waals surface area contributed by atoms with E-state index in [-0.39, 0.29) is 17.2 Å². The van der Waals surface area contributed by atoms with Crippen LogP contribution in [0.25, 0.3) is 6.08 Å². The number of hydrogen-bond donors (Lipinski definition) is 1. The van der Waals surface area contributed by atoms with Gasteiger partial charge in [0, 0.05) is 10.4 Å². The minimum absolute atomic E-state index is 0.0134. The number of carbonyl (C=O) groups is 1. The van der Waals surface area contributed by atoms with Crippen LogP contribution >= 0.6 is 15.9 Å². The maximum atomic E-state index is 12.3. The van der Waals surface area contributed by atoms with Gasteiger partial charge in [0.25, 0.3) is 0 Å². The summed E-state index contributed by atoms with van der Waals surface area (Å²) in [5.41, 5.74) is 6.42. The van der Waals surface area contributed by atoms with Crippen LogP contribution in [0, 0.1) is 5.92 Å². The highest BCUT2D eigenvalue weighted by Crippen LogP contribution is 2.47. The third-order valence-electron chi connectivity index (χ3n) is 4.80. The van der Waals surface area contributed by atoms with Crippen molar-refractivity contribution >= 4 is 34.1 Å². The molecule has 2 aromatic rings. The molecule has 1 fully saturated rings. The Morgan fingerprint density at radius 3 is 2.41 bits per heavy atom. The molecular formula is C23H25BrN2O. The Morgan fingerprint density at radius 2 is 1.78 bits per heavy atom. The lowest BCUT2D eigenvalue weighted by Gasteiger charge is -2.19. The van der Waals surface area contributed by atoms with Gasteiger partial charge in [-0.05, 0) is 56.5 Å². The number of hydrogen-bond acceptors (Lipinski definition) is 2. The highest BCUT2D eigenvalue weighted by Gasteiger charge is 2.43. The number of nitrogens with one attached hydrogen (secondary N) is 1. The summed E-state index contributed by atoms with van der Waals surface area (Å²) in [6.07, 6.45) is 4.45. The fourth-order valence-electron chi connectivity index (χ4n) is 3.07. The quantitative estimate of drug-likeness (QED) is 0.490. The fraction of sp³-hybridized carbons (Fsp3) is 0.304. The zero-order valence-corrected chi connectivity index (χ0v) is 17.5. The molecule has 27 heavy (non-hydrogen) atoms. The van der Waals surface area contributed by atoms with Crippen molar-refractivity contribution in [1.29, 1.82) is 0 Å². The monoisotopic (exact) mass is 424 g/mol. The molecule has 1 amide bonds. The lowest BCUT2D eigenvalue weighted by molar-refractivity contribution is -0.122. The summed E-state index contributed by atoms with van der Waals surface area (Å²) in [5, 5.41) is 4.06. The molecule has 2 atom stereocenters. The Morgan fingerprint density at radius 1 is 1.11 bits per heavy atom. The van der Waals surface area contributed by atoms with Gasteiger partial charge in [0.05, 0.1) is 6.21 Å². The molecule has 1 aliphatic carbocycles. The molecule has 1 N–H and O–H groups in total. The highest BCUT2D eigenvalue weighted by atomic mass is 79.9. The SMILES string of the molecule is CC(C)(C)c1ccc([C@@H]2C[C@H]2C(=O)NN=C/C(Br)=C/c2ccccc2)cc1. The third-order valence-corrected chi connectivity index (χ3v) is 5.23. The average molecular weight is 425 g/mol. The van der Waals surface area contributed by atoms with Gasteiger partial charge in [0.2, 0.25) is 5.91 Å². The minimum atomic E-state index is -0.0174. The van der Waals surface area contributed by atoms with Gasteiger partial charge in [0.15, 0.2) is 0 Å². The summed E-state index contributed by atoms with van der Waals surface area (Å²) < 4.78 is 0.805. The molecule has 0 spiro atoms. The molecule has 0 unspecified atom stereocenters. The Hall–Kier alpha value is -2.20. The van der Waals surface area contributed by atoms with E-state index in [1.54, 1.807) is 6.21 Å². The number of hydrazone groups is 1. The standard InChI is InChI=1S/C23H25BrN2O/c1-23(2,3)18-11-9-17(10-12-18)20-14-21(20)22(27)26-25-15-19(24)13-16-7-5-4-6-8-16/h4-13,15,20-21H,14H2,1-3H3,(H,26,27)/b19-13-,25-15?/t20-,21+/m0/s1. The van der Waals surface area contributed by atoms with E-state index in [9.17, 15) is 4.79 Å². The molecule has 0 aliphatic heterocycles. The topological polar surface area (TPSA) is 41.5 Å². The van der Waals surface area contributed by atoms with Crippen molar-refractivity contribution in [2.24, 2.45) is 11.0 Å². The third kappa shape index (κ3) is 5.39. The van der Waals surface area contributed by atoms with E-state index in [1.165, 1.54) is 11.1 Å². The van der Waals surface area contributed by atoms with Gasteiger partial charge in [-0.1, -0.05) is 75.4 Å². The van der Waals surface area contributed by atoms with Gasteiger partial charge in [-0.25, -0.2) is 5.43 Å². The number of carbonyl (C=O) groups excluding carboxylic acids is 1. The molecule has 140 valence electrons. The van der Waals surface area contributed by atoms with E-state index in [4.69, 9.17) is 0 Å². The zero-order valence-electron chi connectivity index (χ0n) is 15.9. The number of allylic oxidation sites excluding steroid dienone is 1. The summed E-state index contributed by atoms with van der Waals surface area (Å²) in [6.45, 7) is 6.62. The lowest BCUT2D eigenvalue weighted by Crippen LogP contribution is -2.20. The first-order chi connectivity index (χ1) is 12.8. The van der Waals surface area contributed by atoms with Crippen LogP contribution in [0.1, 0.15) is 49.8 Å². The molecule has 0 aromatic heterocycles. The van der Waals surface area contributed by atoms with Crippen LogP contribution in [-0.2, 0) is 10.2 Å². The molecule has 3 nitrogen and oxygen atoms in total. The zero-order chi connectivity index (χ0) is 19.4. The molecule has 0 bridgehead atoms. The van der Waals surface area contributed by atoms with Crippen molar-refractivity contribution in [3.8, 4) is 0 Å². The summed E-state index contributed by atoms with van der Waals surface area (Å²) >= 11 is 3.45. The van der Waals surface area contributed by atoms with Crippen molar-refractivity contribution in [3.63, 3.8) is 0 Å². The first-order valence-corrected chi connectivity index (χ1v) is 9.99. The summed E-state index contributed by atoms with van der Waals surface area (Å²) in [4.78, 5) is 12.3. The van der Waals surface area contributed by atoms with Crippen molar-refractivity contribution in [2.75, 3.05) is 0 Å². The van der Waals surface area contributed by atoms with E-state index < -0.39 is 0 Å². The van der Waals surface area contributed by atoms with Crippen LogP contribution in [0.3, 0.4) is 0 Å². The van der Waals surface area contributed by atoms with Crippen molar-refractivity contribution in [1.82, 2.24) is 5.43 Å². The van der Waals surface area contributed by atoms with Crippen LogP contribution in [-0.4, -0.2) is 12.1 Å². The van der Waals surface area contributed by atoms with Crippen LogP contribution in [0.2, 0.25) is 0 Å². The molecule has 4 heteroatoms. The predicted molar refractivity (Wildman–Crippen MR) is 116 cm³/mol. The van der Waals surface area contributed by atoms with E-state index >= 15 is 0 Å². The predicted octanol–water partition coefficient (Wildman–Crippen LogP) is 5.63. The van der Waals surface area contributed by atoms with Crippen LogP contribution < -0.4 is 5.43 Å².